The summed E-state index contributed by atoms with van der Waals surface area (Å²) in [5.41, 5.74) is 11.0. The van der Waals surface area contributed by atoms with Crippen LogP contribution >= 0.6 is 0 Å². The van der Waals surface area contributed by atoms with Crippen molar-refractivity contribution in [2.75, 3.05) is 0 Å². The van der Waals surface area contributed by atoms with Gasteiger partial charge in [0.2, 0.25) is 0 Å². The van der Waals surface area contributed by atoms with Crippen LogP contribution < -0.4 is 0 Å². The number of rotatable bonds is 7. The Morgan fingerprint density at radius 2 is 0.768 bits per heavy atom. The van der Waals surface area contributed by atoms with Gasteiger partial charge >= 0.3 is 0 Å². The summed E-state index contributed by atoms with van der Waals surface area (Å²) < 4.78 is 15.3. The first-order chi connectivity index (χ1) is 34.2. The molecule has 5 aromatic heterocycles. The summed E-state index contributed by atoms with van der Waals surface area (Å²) in [6.07, 6.45) is 0. The van der Waals surface area contributed by atoms with Gasteiger partial charge in [0.15, 0.2) is 34.9 Å². The number of para-hydroxylation sites is 4. The van der Waals surface area contributed by atoms with Crippen LogP contribution in [0.3, 0.4) is 0 Å². The van der Waals surface area contributed by atoms with E-state index in [1.807, 2.05) is 133 Å². The van der Waals surface area contributed by atoms with Gasteiger partial charge in [0.1, 0.15) is 22.3 Å². The quantitative estimate of drug-likeness (QED) is 0.156. The van der Waals surface area contributed by atoms with Crippen molar-refractivity contribution in [2.24, 2.45) is 0 Å². The minimum Gasteiger partial charge on any atom is -0.456 e. The van der Waals surface area contributed by atoms with Crippen molar-refractivity contribution in [3.63, 3.8) is 0 Å². The van der Waals surface area contributed by atoms with Crippen LogP contribution in [0, 0.1) is 0 Å². The first-order valence-electron chi connectivity index (χ1n) is 22.8. The van der Waals surface area contributed by atoms with Gasteiger partial charge in [-0.15, -0.1) is 0 Å². The molecule has 9 nitrogen and oxygen atoms in total. The molecule has 322 valence electrons. The van der Waals surface area contributed by atoms with E-state index < -0.39 is 0 Å². The molecular weight excluding hydrogens is 851 g/mol. The number of furan rings is 2. The summed E-state index contributed by atoms with van der Waals surface area (Å²) in [7, 11) is 0. The Kier molecular flexibility index (Phi) is 8.68. The smallest absolute Gasteiger partial charge is 0.167 e. The highest BCUT2D eigenvalue weighted by molar-refractivity contribution is 6.17. The highest BCUT2D eigenvalue weighted by atomic mass is 16.3. The van der Waals surface area contributed by atoms with Crippen LogP contribution in [-0.4, -0.2) is 34.5 Å². The fourth-order valence-electron chi connectivity index (χ4n) is 9.69. The molecule has 0 fully saturated rings. The summed E-state index contributed by atoms with van der Waals surface area (Å²) in [5, 5.41) is 6.25. The molecule has 9 heteroatoms. The molecule has 0 aliphatic heterocycles. The number of nitrogens with zero attached hydrogens (tertiary/aromatic N) is 7. The maximum absolute atomic E-state index is 6.54. The molecule has 0 N–H and O–H groups in total. The van der Waals surface area contributed by atoms with Gasteiger partial charge in [-0.3, -0.25) is 0 Å². The maximum atomic E-state index is 6.54. The number of benzene rings is 9. The van der Waals surface area contributed by atoms with E-state index in [9.17, 15) is 0 Å². The van der Waals surface area contributed by atoms with Crippen molar-refractivity contribution >= 4 is 65.7 Å². The van der Waals surface area contributed by atoms with E-state index in [2.05, 4.69) is 83.4 Å². The van der Waals surface area contributed by atoms with E-state index in [1.165, 1.54) is 0 Å². The average Bonchev–Trinajstić information content (AvgIpc) is 4.10. The molecule has 0 saturated carbocycles. The van der Waals surface area contributed by atoms with Gasteiger partial charge in [-0.2, -0.15) is 0 Å². The van der Waals surface area contributed by atoms with E-state index in [0.29, 0.717) is 40.5 Å². The van der Waals surface area contributed by atoms with E-state index in [4.69, 9.17) is 38.7 Å². The molecule has 0 bridgehead atoms. The molecule has 14 aromatic rings. The number of hydrogen-bond donors (Lipinski definition) is 0. The molecule has 0 aliphatic carbocycles. The standard InChI is InChI=1S/C60H35N7O2/c1-4-17-36(18-5-1)55-61-56(37-19-6-2-7-20-37)65-60(64-55)47-33-39(31-32-49(47)67-48-28-13-10-23-40(48)45-35-53-46(34-50(45)67)42-25-12-14-29-51(42)68-53)58-62-57(38-21-8-3-9-22-38)63-59(66-58)44-27-16-26-43-41-24-11-15-30-52(41)69-54(43)44/h1-35H. The third-order valence-corrected chi connectivity index (χ3v) is 12.9. The molecule has 5 heterocycles. The second-order valence-corrected chi connectivity index (χ2v) is 17.0. The molecule has 69 heavy (non-hydrogen) atoms. The highest BCUT2D eigenvalue weighted by Gasteiger charge is 2.24. The van der Waals surface area contributed by atoms with Crippen LogP contribution in [0.5, 0.6) is 0 Å². The van der Waals surface area contributed by atoms with Crippen molar-refractivity contribution in [3.8, 4) is 74.0 Å². The Bertz CT molecular complexity index is 4260. The average molecular weight is 886 g/mol. The van der Waals surface area contributed by atoms with Crippen LogP contribution in [0.1, 0.15) is 0 Å². The second kappa shape index (κ2) is 15.5. The first-order valence-corrected chi connectivity index (χ1v) is 22.8. The van der Waals surface area contributed by atoms with Crippen molar-refractivity contribution in [1.82, 2.24) is 34.5 Å². The van der Waals surface area contributed by atoms with E-state index in [1.54, 1.807) is 0 Å². The predicted octanol–water partition coefficient (Wildman–Crippen LogP) is 15.0. The van der Waals surface area contributed by atoms with Crippen molar-refractivity contribution < 1.29 is 8.83 Å². The molecule has 9 aromatic carbocycles. The third kappa shape index (κ3) is 6.40. The number of fused-ring (bicyclic) bond motifs is 9. The lowest BCUT2D eigenvalue weighted by atomic mass is 10.0. The van der Waals surface area contributed by atoms with Crippen LogP contribution in [0.15, 0.2) is 221 Å². The van der Waals surface area contributed by atoms with E-state index in [0.717, 1.165) is 99.2 Å². The summed E-state index contributed by atoms with van der Waals surface area (Å²) >= 11 is 0. The molecular formula is C60H35N7O2. The number of hydrogen-bond acceptors (Lipinski definition) is 8. The van der Waals surface area contributed by atoms with Crippen molar-refractivity contribution in [3.05, 3.63) is 212 Å². The lowest BCUT2D eigenvalue weighted by molar-refractivity contribution is 0.669. The lowest BCUT2D eigenvalue weighted by Gasteiger charge is -2.16. The highest BCUT2D eigenvalue weighted by Crippen LogP contribution is 2.42. The minimum atomic E-state index is 0.481. The first kappa shape index (κ1) is 38.6. The molecule has 0 aliphatic rings. The monoisotopic (exact) mass is 885 g/mol. The van der Waals surface area contributed by atoms with Crippen LogP contribution in [0.4, 0.5) is 0 Å². The lowest BCUT2D eigenvalue weighted by Crippen LogP contribution is -2.05. The Balaban J connectivity index is 1.06. The molecule has 0 radical (unpaired) electrons. The van der Waals surface area contributed by atoms with E-state index >= 15 is 0 Å². The Morgan fingerprint density at radius 1 is 0.275 bits per heavy atom. The topological polar surface area (TPSA) is 109 Å². The van der Waals surface area contributed by atoms with Crippen LogP contribution in [0.2, 0.25) is 0 Å². The fraction of sp³-hybridized carbons (Fsp3) is 0. The summed E-state index contributed by atoms with van der Waals surface area (Å²) in [5.74, 6) is 3.10. The molecule has 14 rings (SSSR count). The fourth-order valence-corrected chi connectivity index (χ4v) is 9.69. The zero-order valence-corrected chi connectivity index (χ0v) is 36.7. The SMILES string of the molecule is c1ccc(-c2nc(-c3ccccc3)nc(-c3cc(-c4nc(-c5ccccc5)nc(-c5cccc6c5oc5ccccc56)n4)ccc3-n3c4ccccc4c4cc5oc6ccccc6c5cc43)n2)cc1. The van der Waals surface area contributed by atoms with Gasteiger partial charge in [-0.25, -0.2) is 29.9 Å². The zero-order chi connectivity index (χ0) is 45.4. The maximum Gasteiger partial charge on any atom is 0.167 e. The number of aromatic nitrogens is 7. The Morgan fingerprint density at radius 3 is 1.41 bits per heavy atom. The Hall–Kier alpha value is -9.60. The summed E-state index contributed by atoms with van der Waals surface area (Å²) in [6.45, 7) is 0. The van der Waals surface area contributed by atoms with Crippen molar-refractivity contribution in [2.45, 2.75) is 0 Å². The van der Waals surface area contributed by atoms with Gasteiger partial charge in [0.25, 0.3) is 0 Å². The molecule has 0 amide bonds. The Labute approximate surface area is 393 Å². The predicted molar refractivity (Wildman–Crippen MR) is 275 cm³/mol. The minimum absolute atomic E-state index is 0.481. The largest absolute Gasteiger partial charge is 0.456 e. The van der Waals surface area contributed by atoms with E-state index in [-0.39, 0.29) is 0 Å². The van der Waals surface area contributed by atoms with Gasteiger partial charge in [-0.05, 0) is 54.6 Å². The zero-order valence-electron chi connectivity index (χ0n) is 36.7. The molecule has 0 spiro atoms. The van der Waals surface area contributed by atoms with Crippen molar-refractivity contribution in [1.29, 1.82) is 0 Å². The van der Waals surface area contributed by atoms with Crippen LogP contribution in [-0.2, 0) is 0 Å². The molecule has 0 unspecified atom stereocenters. The van der Waals surface area contributed by atoms with Gasteiger partial charge in [0, 0.05) is 60.1 Å². The normalized spacial score (nSPS) is 11.8. The van der Waals surface area contributed by atoms with Gasteiger partial charge < -0.3 is 13.4 Å². The molecule has 0 atom stereocenters. The van der Waals surface area contributed by atoms with Crippen LogP contribution in [0.25, 0.3) is 140 Å². The summed E-state index contributed by atoms with van der Waals surface area (Å²) in [6, 6.07) is 71.7. The second-order valence-electron chi connectivity index (χ2n) is 17.0. The third-order valence-electron chi connectivity index (χ3n) is 12.9. The summed E-state index contributed by atoms with van der Waals surface area (Å²) in [4.78, 5) is 31.3. The molecule has 0 saturated heterocycles. The van der Waals surface area contributed by atoms with Gasteiger partial charge in [0.05, 0.1) is 22.3 Å². The van der Waals surface area contributed by atoms with Gasteiger partial charge in [-0.1, -0.05) is 158 Å².